The molecule has 4 rings (SSSR count). The molecule has 1 N–H and O–H groups in total. The molecule has 8 heteroatoms. The fourth-order valence-electron chi connectivity index (χ4n) is 3.96. The van der Waals surface area contributed by atoms with Gasteiger partial charge in [0, 0.05) is 16.6 Å². The molecule has 35 heavy (non-hydrogen) atoms. The van der Waals surface area contributed by atoms with Crippen LogP contribution in [0.25, 0.3) is 10.9 Å². The third-order valence-corrected chi connectivity index (χ3v) is 5.69. The molecular weight excluding hydrogens is 448 g/mol. The minimum absolute atomic E-state index is 0.00995. The molecule has 0 radical (unpaired) electrons. The maximum Gasteiger partial charge on any atom is 0.258 e. The first-order valence-electron chi connectivity index (χ1n) is 10.9. The number of fused-ring (bicyclic) bond motifs is 1. The molecule has 1 aromatic heterocycles. The lowest BCUT2D eigenvalue weighted by Gasteiger charge is -2.25. The van der Waals surface area contributed by atoms with Gasteiger partial charge in [-0.05, 0) is 41.8 Å². The summed E-state index contributed by atoms with van der Waals surface area (Å²) in [5.41, 5.74) is 1.68. The van der Waals surface area contributed by atoms with E-state index in [4.69, 9.17) is 18.9 Å². The number of aromatic amines is 1. The van der Waals surface area contributed by atoms with Crippen LogP contribution in [0.15, 0.2) is 71.5 Å². The maximum absolute atomic E-state index is 13.9. The Bertz CT molecular complexity index is 1400. The van der Waals surface area contributed by atoms with Gasteiger partial charge in [-0.1, -0.05) is 30.3 Å². The first-order chi connectivity index (χ1) is 17.0. The van der Waals surface area contributed by atoms with E-state index in [1.54, 1.807) is 36.4 Å². The summed E-state index contributed by atoms with van der Waals surface area (Å²) in [5.74, 6) is 1.19. The lowest BCUT2D eigenvalue weighted by molar-refractivity contribution is 0.0983. The Hall–Kier alpha value is -4.46. The average Bonchev–Trinajstić information content (AvgIpc) is 2.90. The number of carbonyl (C=O) groups is 1. The van der Waals surface area contributed by atoms with Gasteiger partial charge in [-0.3, -0.25) is 9.59 Å². The van der Waals surface area contributed by atoms with E-state index in [1.165, 1.54) is 33.3 Å². The molecule has 0 saturated carbocycles. The number of ether oxygens (including phenoxy) is 4. The average molecular weight is 475 g/mol. The maximum atomic E-state index is 13.9. The number of aromatic nitrogens is 1. The molecule has 0 saturated heterocycles. The van der Waals surface area contributed by atoms with Crippen molar-refractivity contribution in [2.24, 2.45) is 0 Å². The summed E-state index contributed by atoms with van der Waals surface area (Å²) >= 11 is 0. The van der Waals surface area contributed by atoms with Crippen molar-refractivity contribution < 1.29 is 23.7 Å². The second kappa shape index (κ2) is 10.2. The Kier molecular flexibility index (Phi) is 6.91. The van der Waals surface area contributed by atoms with Crippen molar-refractivity contribution in [2.45, 2.75) is 6.54 Å². The Morgan fingerprint density at radius 2 is 1.43 bits per heavy atom. The van der Waals surface area contributed by atoms with E-state index >= 15 is 0 Å². The third kappa shape index (κ3) is 4.63. The highest BCUT2D eigenvalue weighted by atomic mass is 16.5. The van der Waals surface area contributed by atoms with Gasteiger partial charge in [0.25, 0.3) is 11.5 Å². The Balaban J connectivity index is 1.86. The number of anilines is 1. The van der Waals surface area contributed by atoms with E-state index in [2.05, 4.69) is 4.98 Å². The van der Waals surface area contributed by atoms with Crippen LogP contribution in [0.5, 0.6) is 23.0 Å². The molecule has 0 bridgehead atoms. The summed E-state index contributed by atoms with van der Waals surface area (Å²) in [7, 11) is 6.00. The number of hydrogen-bond acceptors (Lipinski definition) is 6. The molecule has 4 aromatic rings. The molecule has 180 valence electrons. The van der Waals surface area contributed by atoms with Crippen LogP contribution in [0.1, 0.15) is 15.9 Å². The smallest absolute Gasteiger partial charge is 0.258 e. The SMILES string of the molecule is COc1ccccc1N(Cc1cc2ccccc2[nH]c1=O)C(=O)c1cc(OC)c(OC)c(OC)c1. The van der Waals surface area contributed by atoms with Crippen LogP contribution < -0.4 is 29.4 Å². The molecule has 0 atom stereocenters. The van der Waals surface area contributed by atoms with Gasteiger partial charge in [0.1, 0.15) is 5.75 Å². The highest BCUT2D eigenvalue weighted by molar-refractivity contribution is 6.07. The van der Waals surface area contributed by atoms with Crippen LogP contribution in [0.2, 0.25) is 0 Å². The minimum atomic E-state index is -0.374. The minimum Gasteiger partial charge on any atom is -0.495 e. The standard InChI is InChI=1S/C27H26N2O6/c1-32-22-12-8-7-11-21(22)29(16-19-13-17-9-5-6-10-20(17)28-26(19)30)27(31)18-14-23(33-2)25(35-4)24(15-18)34-3/h5-15H,16H2,1-4H3,(H,28,30). The predicted octanol–water partition coefficient (Wildman–Crippen LogP) is 4.41. The van der Waals surface area contributed by atoms with Crippen molar-refractivity contribution in [2.75, 3.05) is 33.3 Å². The largest absolute Gasteiger partial charge is 0.495 e. The zero-order valence-electron chi connectivity index (χ0n) is 20.0. The number of hydrogen-bond donors (Lipinski definition) is 1. The van der Waals surface area contributed by atoms with Crippen molar-refractivity contribution in [1.29, 1.82) is 0 Å². The van der Waals surface area contributed by atoms with E-state index in [0.29, 0.717) is 39.8 Å². The number of nitrogens with one attached hydrogen (secondary N) is 1. The quantitative estimate of drug-likeness (QED) is 0.407. The van der Waals surface area contributed by atoms with Crippen LogP contribution in [0.4, 0.5) is 5.69 Å². The molecule has 0 fully saturated rings. The molecule has 0 spiro atoms. The lowest BCUT2D eigenvalue weighted by Crippen LogP contribution is -2.33. The van der Waals surface area contributed by atoms with Gasteiger partial charge in [0.05, 0.1) is 40.7 Å². The molecule has 8 nitrogen and oxygen atoms in total. The summed E-state index contributed by atoms with van der Waals surface area (Å²) < 4.78 is 21.8. The number of amides is 1. The summed E-state index contributed by atoms with van der Waals surface area (Å²) in [4.78, 5) is 31.2. The zero-order valence-corrected chi connectivity index (χ0v) is 20.0. The molecule has 3 aromatic carbocycles. The van der Waals surface area contributed by atoms with Crippen molar-refractivity contribution in [1.82, 2.24) is 4.98 Å². The van der Waals surface area contributed by atoms with E-state index in [-0.39, 0.29) is 18.0 Å². The Morgan fingerprint density at radius 3 is 2.09 bits per heavy atom. The highest BCUT2D eigenvalue weighted by Gasteiger charge is 2.25. The highest BCUT2D eigenvalue weighted by Crippen LogP contribution is 2.39. The summed E-state index contributed by atoms with van der Waals surface area (Å²) in [5, 5.41) is 0.863. The number of H-pyrrole nitrogens is 1. The van der Waals surface area contributed by atoms with E-state index in [9.17, 15) is 9.59 Å². The van der Waals surface area contributed by atoms with E-state index in [0.717, 1.165) is 10.9 Å². The number of pyridine rings is 1. The van der Waals surface area contributed by atoms with Crippen molar-refractivity contribution in [3.8, 4) is 23.0 Å². The third-order valence-electron chi connectivity index (χ3n) is 5.69. The van der Waals surface area contributed by atoms with Gasteiger partial charge in [-0.15, -0.1) is 0 Å². The number of benzene rings is 3. The second-order valence-corrected chi connectivity index (χ2v) is 7.69. The predicted molar refractivity (Wildman–Crippen MR) is 134 cm³/mol. The van der Waals surface area contributed by atoms with Gasteiger partial charge >= 0.3 is 0 Å². The summed E-state index contributed by atoms with van der Waals surface area (Å²) in [6, 6.07) is 19.6. The molecule has 1 heterocycles. The topological polar surface area (TPSA) is 90.1 Å². The normalized spacial score (nSPS) is 10.6. The fourth-order valence-corrected chi connectivity index (χ4v) is 3.96. The molecule has 1 amide bonds. The molecule has 0 unspecified atom stereocenters. The van der Waals surface area contributed by atoms with Crippen LogP contribution in [-0.4, -0.2) is 39.3 Å². The van der Waals surface area contributed by atoms with Gasteiger partial charge in [0.2, 0.25) is 5.75 Å². The fraction of sp³-hybridized carbons (Fsp3) is 0.185. The molecule has 0 aliphatic rings. The summed E-state index contributed by atoms with van der Waals surface area (Å²) in [6.07, 6.45) is 0. The molecule has 0 aliphatic heterocycles. The Morgan fingerprint density at radius 1 is 0.800 bits per heavy atom. The Labute approximate surface area is 202 Å². The number of nitrogens with zero attached hydrogens (tertiary/aromatic N) is 1. The summed E-state index contributed by atoms with van der Waals surface area (Å²) in [6.45, 7) is 0.00995. The molecule has 0 aliphatic carbocycles. The first kappa shape index (κ1) is 23.7. The second-order valence-electron chi connectivity index (χ2n) is 7.69. The van der Waals surface area contributed by atoms with Gasteiger partial charge in [-0.2, -0.15) is 0 Å². The van der Waals surface area contributed by atoms with Crippen molar-refractivity contribution >= 4 is 22.5 Å². The van der Waals surface area contributed by atoms with Crippen molar-refractivity contribution in [3.63, 3.8) is 0 Å². The van der Waals surface area contributed by atoms with E-state index in [1.807, 2.05) is 30.3 Å². The van der Waals surface area contributed by atoms with Gasteiger partial charge in [-0.25, -0.2) is 0 Å². The monoisotopic (exact) mass is 474 g/mol. The van der Waals surface area contributed by atoms with Crippen LogP contribution in [0.3, 0.4) is 0 Å². The lowest BCUT2D eigenvalue weighted by atomic mass is 10.1. The van der Waals surface area contributed by atoms with E-state index < -0.39 is 0 Å². The van der Waals surface area contributed by atoms with Crippen LogP contribution in [0, 0.1) is 0 Å². The molecular formula is C27H26N2O6. The number of carbonyl (C=O) groups excluding carboxylic acids is 1. The number of methoxy groups -OCH3 is 4. The number of para-hydroxylation sites is 3. The zero-order chi connectivity index (χ0) is 24.9. The first-order valence-corrected chi connectivity index (χ1v) is 10.9. The van der Waals surface area contributed by atoms with Crippen molar-refractivity contribution in [3.05, 3.63) is 88.2 Å². The number of rotatable bonds is 8. The van der Waals surface area contributed by atoms with Crippen LogP contribution >= 0.6 is 0 Å². The van der Waals surface area contributed by atoms with Gasteiger partial charge < -0.3 is 28.8 Å². The van der Waals surface area contributed by atoms with Crippen LogP contribution in [-0.2, 0) is 6.54 Å². The van der Waals surface area contributed by atoms with Gasteiger partial charge in [0.15, 0.2) is 11.5 Å².